The molecule has 16 heavy (non-hydrogen) atoms. The number of nitrogens with one attached hydrogen (secondary N) is 1. The minimum Gasteiger partial charge on any atom is -0.374 e. The van der Waals surface area contributed by atoms with Crippen LogP contribution in [0.15, 0.2) is 29.8 Å². The molecular formula is C12H21N3O. The summed E-state index contributed by atoms with van der Waals surface area (Å²) in [6, 6.07) is 0. The lowest BCUT2D eigenvalue weighted by molar-refractivity contribution is 0.120. The molecule has 1 rings (SSSR count). The molecule has 4 heteroatoms. The minimum absolute atomic E-state index is 0.135. The van der Waals surface area contributed by atoms with Crippen LogP contribution in [-0.4, -0.2) is 31.8 Å². The molecule has 0 saturated carbocycles. The van der Waals surface area contributed by atoms with Gasteiger partial charge in [0.05, 0.1) is 6.10 Å². The average Bonchev–Trinajstić information content (AvgIpc) is 2.71. The van der Waals surface area contributed by atoms with Crippen molar-refractivity contribution in [2.75, 3.05) is 19.7 Å². The monoisotopic (exact) mass is 223 g/mol. The first kappa shape index (κ1) is 12.8. The largest absolute Gasteiger partial charge is 0.374 e. The van der Waals surface area contributed by atoms with Crippen molar-refractivity contribution in [2.24, 2.45) is 16.6 Å². The summed E-state index contributed by atoms with van der Waals surface area (Å²) >= 11 is 0. The summed E-state index contributed by atoms with van der Waals surface area (Å²) in [6.07, 6.45) is 2.91. The summed E-state index contributed by atoms with van der Waals surface area (Å²) in [4.78, 5) is 4.29. The topological polar surface area (TPSA) is 59.6 Å². The predicted molar refractivity (Wildman–Crippen MR) is 67.4 cm³/mol. The van der Waals surface area contributed by atoms with E-state index in [1.165, 1.54) is 0 Å². The fraction of sp³-hybridized carbons (Fsp3) is 0.583. The van der Waals surface area contributed by atoms with Crippen LogP contribution in [0.3, 0.4) is 0 Å². The standard InChI is InChI=1S/C12H21N3O/c1-4-6-14-12(13)15-8-10-5-7-16-11(10)9(2)3/h4,10-11H,1-2,5-8H2,3H3,(H3,13,14,15). The summed E-state index contributed by atoms with van der Waals surface area (Å²) in [6.45, 7) is 11.6. The fourth-order valence-corrected chi connectivity index (χ4v) is 1.81. The van der Waals surface area contributed by atoms with Gasteiger partial charge in [-0.25, -0.2) is 0 Å². The van der Waals surface area contributed by atoms with Crippen LogP contribution in [0.1, 0.15) is 13.3 Å². The maximum Gasteiger partial charge on any atom is 0.188 e. The van der Waals surface area contributed by atoms with Gasteiger partial charge in [0.1, 0.15) is 0 Å². The van der Waals surface area contributed by atoms with Crippen LogP contribution in [0.25, 0.3) is 0 Å². The van der Waals surface area contributed by atoms with Gasteiger partial charge in [0, 0.05) is 25.6 Å². The van der Waals surface area contributed by atoms with Gasteiger partial charge in [-0.15, -0.1) is 6.58 Å². The highest BCUT2D eigenvalue weighted by molar-refractivity contribution is 5.77. The summed E-state index contributed by atoms with van der Waals surface area (Å²) < 4.78 is 5.59. The lowest BCUT2D eigenvalue weighted by Gasteiger charge is -2.16. The SMILES string of the molecule is C=CCNC(N)=NCC1CCOC1C(=C)C. The second-order valence-corrected chi connectivity index (χ2v) is 4.08. The molecule has 4 nitrogen and oxygen atoms in total. The number of ether oxygens (including phenoxy) is 1. The van der Waals surface area contributed by atoms with E-state index in [1.807, 2.05) is 6.92 Å². The molecule has 0 aromatic heterocycles. The highest BCUT2D eigenvalue weighted by Crippen LogP contribution is 2.25. The van der Waals surface area contributed by atoms with E-state index in [2.05, 4.69) is 23.5 Å². The number of guanidine groups is 1. The van der Waals surface area contributed by atoms with E-state index in [4.69, 9.17) is 10.5 Å². The van der Waals surface area contributed by atoms with Gasteiger partial charge in [0.15, 0.2) is 5.96 Å². The molecule has 1 saturated heterocycles. The van der Waals surface area contributed by atoms with Crippen molar-refractivity contribution < 1.29 is 4.74 Å². The number of hydrogen-bond donors (Lipinski definition) is 2. The zero-order valence-corrected chi connectivity index (χ0v) is 9.91. The van der Waals surface area contributed by atoms with E-state index >= 15 is 0 Å². The van der Waals surface area contributed by atoms with Crippen molar-refractivity contribution in [3.05, 3.63) is 24.8 Å². The van der Waals surface area contributed by atoms with E-state index in [9.17, 15) is 0 Å². The number of rotatable bonds is 5. The lowest BCUT2D eigenvalue weighted by atomic mass is 9.97. The third-order valence-corrected chi connectivity index (χ3v) is 2.62. The van der Waals surface area contributed by atoms with Crippen LogP contribution in [0.4, 0.5) is 0 Å². The molecule has 0 spiro atoms. The molecule has 0 radical (unpaired) electrons. The smallest absolute Gasteiger partial charge is 0.188 e. The number of aliphatic imine (C=N–C) groups is 1. The van der Waals surface area contributed by atoms with Crippen LogP contribution in [0, 0.1) is 5.92 Å². The Labute approximate surface area is 97.3 Å². The van der Waals surface area contributed by atoms with Gasteiger partial charge < -0.3 is 15.8 Å². The molecule has 1 heterocycles. The van der Waals surface area contributed by atoms with Crippen molar-refractivity contribution in [2.45, 2.75) is 19.4 Å². The Kier molecular flexibility index (Phi) is 5.05. The van der Waals surface area contributed by atoms with Crippen LogP contribution in [0.5, 0.6) is 0 Å². The zero-order chi connectivity index (χ0) is 12.0. The Bertz CT molecular complexity index is 286. The summed E-state index contributed by atoms with van der Waals surface area (Å²) in [5.74, 6) is 0.869. The molecule has 1 aliphatic rings. The second kappa shape index (κ2) is 6.33. The molecule has 0 amide bonds. The van der Waals surface area contributed by atoms with Crippen LogP contribution < -0.4 is 11.1 Å². The van der Waals surface area contributed by atoms with E-state index in [-0.39, 0.29) is 6.10 Å². The highest BCUT2D eigenvalue weighted by Gasteiger charge is 2.28. The minimum atomic E-state index is 0.135. The lowest BCUT2D eigenvalue weighted by Crippen LogP contribution is -2.32. The molecular weight excluding hydrogens is 202 g/mol. The van der Waals surface area contributed by atoms with Crippen molar-refractivity contribution in [1.29, 1.82) is 0 Å². The fourth-order valence-electron chi connectivity index (χ4n) is 1.81. The molecule has 1 aliphatic heterocycles. The molecule has 0 aliphatic carbocycles. The molecule has 0 bridgehead atoms. The Balaban J connectivity index is 2.41. The molecule has 2 atom stereocenters. The van der Waals surface area contributed by atoms with Crippen molar-refractivity contribution >= 4 is 5.96 Å². The third kappa shape index (κ3) is 3.70. The highest BCUT2D eigenvalue weighted by atomic mass is 16.5. The van der Waals surface area contributed by atoms with E-state index in [0.29, 0.717) is 25.0 Å². The first-order valence-electron chi connectivity index (χ1n) is 5.56. The van der Waals surface area contributed by atoms with Crippen LogP contribution in [-0.2, 0) is 4.74 Å². The number of hydrogen-bond acceptors (Lipinski definition) is 2. The molecule has 0 aromatic rings. The van der Waals surface area contributed by atoms with E-state index < -0.39 is 0 Å². The van der Waals surface area contributed by atoms with Gasteiger partial charge >= 0.3 is 0 Å². The maximum atomic E-state index is 5.69. The Morgan fingerprint density at radius 3 is 3.06 bits per heavy atom. The zero-order valence-electron chi connectivity index (χ0n) is 9.91. The maximum absolute atomic E-state index is 5.69. The van der Waals surface area contributed by atoms with Gasteiger partial charge in [-0.2, -0.15) is 0 Å². The van der Waals surface area contributed by atoms with Crippen molar-refractivity contribution in [1.82, 2.24) is 5.32 Å². The molecule has 90 valence electrons. The quantitative estimate of drug-likeness (QED) is 0.416. The predicted octanol–water partition coefficient (Wildman–Crippen LogP) is 1.06. The average molecular weight is 223 g/mol. The third-order valence-electron chi connectivity index (χ3n) is 2.62. The van der Waals surface area contributed by atoms with Crippen molar-refractivity contribution in [3.8, 4) is 0 Å². The number of nitrogens with two attached hydrogens (primary N) is 1. The van der Waals surface area contributed by atoms with Gasteiger partial charge in [0.25, 0.3) is 0 Å². The van der Waals surface area contributed by atoms with E-state index in [0.717, 1.165) is 18.6 Å². The van der Waals surface area contributed by atoms with Gasteiger partial charge in [-0.3, -0.25) is 4.99 Å². The van der Waals surface area contributed by atoms with E-state index in [1.54, 1.807) is 6.08 Å². The normalized spacial score (nSPS) is 25.4. The second-order valence-electron chi connectivity index (χ2n) is 4.08. The van der Waals surface area contributed by atoms with Crippen molar-refractivity contribution in [3.63, 3.8) is 0 Å². The molecule has 0 aromatic carbocycles. The molecule has 3 N–H and O–H groups in total. The Morgan fingerprint density at radius 1 is 1.69 bits per heavy atom. The van der Waals surface area contributed by atoms with Crippen LogP contribution >= 0.6 is 0 Å². The summed E-state index contributed by atoms with van der Waals surface area (Å²) in [7, 11) is 0. The number of nitrogens with zero attached hydrogens (tertiary/aromatic N) is 1. The van der Waals surface area contributed by atoms with Crippen LogP contribution in [0.2, 0.25) is 0 Å². The summed E-state index contributed by atoms with van der Waals surface area (Å²) in [5, 5.41) is 2.95. The summed E-state index contributed by atoms with van der Waals surface area (Å²) in [5.41, 5.74) is 6.75. The Hall–Kier alpha value is -1.29. The Morgan fingerprint density at radius 2 is 2.44 bits per heavy atom. The van der Waals surface area contributed by atoms with Gasteiger partial charge in [0.2, 0.25) is 0 Å². The first-order chi connectivity index (χ1) is 7.65. The molecule has 1 fully saturated rings. The molecule has 2 unspecified atom stereocenters. The van der Waals surface area contributed by atoms with Gasteiger partial charge in [-0.05, 0) is 13.3 Å². The first-order valence-corrected chi connectivity index (χ1v) is 5.56. The van der Waals surface area contributed by atoms with Gasteiger partial charge in [-0.1, -0.05) is 18.2 Å².